The number of nitrogens with zero attached hydrogens (tertiary/aromatic N) is 2. The van der Waals surface area contributed by atoms with Crippen molar-refractivity contribution in [2.45, 2.75) is 32.0 Å². The fourth-order valence-corrected chi connectivity index (χ4v) is 2.92. The van der Waals surface area contributed by atoms with Crippen LogP contribution >= 0.6 is 0 Å². The van der Waals surface area contributed by atoms with E-state index >= 15 is 0 Å². The fraction of sp³-hybridized carbons (Fsp3) is 0.786. The lowest BCUT2D eigenvalue weighted by atomic mass is 10.1. The topological polar surface area (TPSA) is 44.8 Å². The molecule has 5 heteroatoms. The minimum Gasteiger partial charge on any atom is -0.381 e. The van der Waals surface area contributed by atoms with Crippen LogP contribution < -0.4 is 5.32 Å². The second-order valence-corrected chi connectivity index (χ2v) is 5.19. The smallest absolute Gasteiger partial charge is 0.247 e. The normalized spacial score (nSPS) is 27.1. The number of rotatable bonds is 3. The Morgan fingerprint density at radius 2 is 2.05 bits per heavy atom. The van der Waals surface area contributed by atoms with Crippen LogP contribution in [-0.4, -0.2) is 67.8 Å². The first-order chi connectivity index (χ1) is 9.26. The Kier molecular flexibility index (Phi) is 5.36. The van der Waals surface area contributed by atoms with Crippen molar-refractivity contribution in [1.82, 2.24) is 15.1 Å². The van der Waals surface area contributed by atoms with Gasteiger partial charge >= 0.3 is 0 Å². The van der Waals surface area contributed by atoms with E-state index in [0.29, 0.717) is 6.10 Å². The number of piperidine rings is 1. The predicted molar refractivity (Wildman–Crippen MR) is 74.8 cm³/mol. The van der Waals surface area contributed by atoms with Gasteiger partial charge in [-0.1, -0.05) is 6.08 Å². The summed E-state index contributed by atoms with van der Waals surface area (Å²) in [6, 6.07) is 0. The summed E-state index contributed by atoms with van der Waals surface area (Å²) in [4.78, 5) is 16.5. The molecule has 1 amide bonds. The number of likely N-dealkylation sites (tertiary alicyclic amines) is 1. The molecular weight excluding hydrogens is 242 g/mol. The van der Waals surface area contributed by atoms with E-state index in [1.165, 1.54) is 0 Å². The van der Waals surface area contributed by atoms with Crippen LogP contribution in [-0.2, 0) is 9.53 Å². The van der Waals surface area contributed by atoms with E-state index in [1.807, 2.05) is 17.9 Å². The minimum atomic E-state index is 0.128. The number of piperazine rings is 1. The molecule has 0 aromatic heterocycles. The van der Waals surface area contributed by atoms with E-state index < -0.39 is 0 Å². The van der Waals surface area contributed by atoms with Gasteiger partial charge in [0.25, 0.3) is 0 Å². The summed E-state index contributed by atoms with van der Waals surface area (Å²) in [6.07, 6.45) is 6.17. The molecule has 5 nitrogen and oxygen atoms in total. The Balaban J connectivity index is 1.97. The number of carbonyl (C=O) groups excluding carboxylic acids is 1. The van der Waals surface area contributed by atoms with E-state index in [0.717, 1.165) is 45.6 Å². The van der Waals surface area contributed by atoms with Crippen molar-refractivity contribution in [3.63, 3.8) is 0 Å². The molecule has 0 aromatic rings. The molecule has 1 unspecified atom stereocenters. The summed E-state index contributed by atoms with van der Waals surface area (Å²) in [6.45, 7) is 6.43. The molecule has 0 saturated carbocycles. The van der Waals surface area contributed by atoms with Gasteiger partial charge in [0.1, 0.15) is 0 Å². The highest BCUT2D eigenvalue weighted by atomic mass is 16.5. The van der Waals surface area contributed by atoms with Crippen LogP contribution in [0.3, 0.4) is 0 Å². The van der Waals surface area contributed by atoms with Crippen molar-refractivity contribution in [3.05, 3.63) is 12.2 Å². The summed E-state index contributed by atoms with van der Waals surface area (Å²) < 4.78 is 5.41. The SMILES string of the molecule is CC=CC(=O)N1CCNCC1N1CCC(OC)CC1. The Morgan fingerprint density at radius 3 is 2.68 bits per heavy atom. The molecule has 0 radical (unpaired) electrons. The fourth-order valence-electron chi connectivity index (χ4n) is 2.92. The van der Waals surface area contributed by atoms with Gasteiger partial charge in [-0.25, -0.2) is 0 Å². The largest absolute Gasteiger partial charge is 0.381 e. The maximum atomic E-state index is 12.1. The molecule has 0 aliphatic carbocycles. The molecule has 0 aromatic carbocycles. The number of amides is 1. The maximum Gasteiger partial charge on any atom is 0.247 e. The minimum absolute atomic E-state index is 0.128. The summed E-state index contributed by atoms with van der Waals surface area (Å²) in [7, 11) is 1.78. The highest BCUT2D eigenvalue weighted by Crippen LogP contribution is 2.18. The number of carbonyl (C=O) groups is 1. The zero-order valence-electron chi connectivity index (χ0n) is 12.0. The van der Waals surface area contributed by atoms with Crippen molar-refractivity contribution in [3.8, 4) is 0 Å². The molecule has 19 heavy (non-hydrogen) atoms. The lowest BCUT2D eigenvalue weighted by Gasteiger charge is -2.45. The molecule has 108 valence electrons. The van der Waals surface area contributed by atoms with Crippen molar-refractivity contribution in [2.75, 3.05) is 39.8 Å². The van der Waals surface area contributed by atoms with E-state index in [-0.39, 0.29) is 12.1 Å². The standard InChI is InChI=1S/C14H25N3O2/c1-3-4-14(18)17-10-7-15-11-13(17)16-8-5-12(19-2)6-9-16/h3-4,12-13,15H,5-11H2,1-2H3. The molecule has 2 fully saturated rings. The summed E-state index contributed by atoms with van der Waals surface area (Å²) in [5.74, 6) is 0.128. The van der Waals surface area contributed by atoms with E-state index in [9.17, 15) is 4.79 Å². The average molecular weight is 267 g/mol. The highest BCUT2D eigenvalue weighted by molar-refractivity contribution is 5.87. The van der Waals surface area contributed by atoms with E-state index in [1.54, 1.807) is 13.2 Å². The third-order valence-electron chi connectivity index (χ3n) is 4.04. The summed E-state index contributed by atoms with van der Waals surface area (Å²) in [5.41, 5.74) is 0. The van der Waals surface area contributed by atoms with Crippen molar-refractivity contribution < 1.29 is 9.53 Å². The Labute approximate surface area is 115 Å². The van der Waals surface area contributed by atoms with Crippen molar-refractivity contribution in [1.29, 1.82) is 0 Å². The van der Waals surface area contributed by atoms with Crippen LogP contribution in [0.25, 0.3) is 0 Å². The van der Waals surface area contributed by atoms with Crippen LogP contribution in [0.1, 0.15) is 19.8 Å². The van der Waals surface area contributed by atoms with Crippen LogP contribution in [0.2, 0.25) is 0 Å². The van der Waals surface area contributed by atoms with Gasteiger partial charge in [-0.05, 0) is 25.8 Å². The summed E-state index contributed by atoms with van der Waals surface area (Å²) in [5, 5.41) is 3.39. The van der Waals surface area contributed by atoms with Gasteiger partial charge in [0, 0.05) is 39.8 Å². The molecule has 0 bridgehead atoms. The first kappa shape index (κ1) is 14.5. The first-order valence-electron chi connectivity index (χ1n) is 7.17. The Hall–Kier alpha value is -0.910. The number of allylic oxidation sites excluding steroid dienone is 1. The molecule has 1 atom stereocenters. The molecule has 2 saturated heterocycles. The number of methoxy groups -OCH3 is 1. The Morgan fingerprint density at radius 1 is 1.32 bits per heavy atom. The second-order valence-electron chi connectivity index (χ2n) is 5.19. The number of nitrogens with one attached hydrogen (secondary N) is 1. The molecule has 1 N–H and O–H groups in total. The maximum absolute atomic E-state index is 12.1. The second kappa shape index (κ2) is 7.03. The summed E-state index contributed by atoms with van der Waals surface area (Å²) >= 11 is 0. The van der Waals surface area contributed by atoms with Crippen LogP contribution in [0.4, 0.5) is 0 Å². The zero-order valence-corrected chi connectivity index (χ0v) is 12.0. The van der Waals surface area contributed by atoms with Gasteiger partial charge in [-0.2, -0.15) is 0 Å². The number of hydrogen-bond acceptors (Lipinski definition) is 4. The highest BCUT2D eigenvalue weighted by Gasteiger charge is 2.32. The van der Waals surface area contributed by atoms with Gasteiger partial charge < -0.3 is 15.0 Å². The Bertz CT molecular complexity index is 325. The van der Waals surface area contributed by atoms with Crippen molar-refractivity contribution >= 4 is 5.91 Å². The zero-order chi connectivity index (χ0) is 13.7. The van der Waals surface area contributed by atoms with Gasteiger partial charge in [0.15, 0.2) is 0 Å². The monoisotopic (exact) mass is 267 g/mol. The molecule has 2 aliphatic rings. The lowest BCUT2D eigenvalue weighted by molar-refractivity contribution is -0.135. The van der Waals surface area contributed by atoms with Crippen LogP contribution in [0, 0.1) is 0 Å². The van der Waals surface area contributed by atoms with Gasteiger partial charge in [0.2, 0.25) is 5.91 Å². The average Bonchev–Trinajstić information content (AvgIpc) is 2.47. The first-order valence-corrected chi connectivity index (χ1v) is 7.17. The third-order valence-corrected chi connectivity index (χ3v) is 4.04. The molecule has 2 rings (SSSR count). The molecule has 2 aliphatic heterocycles. The lowest BCUT2D eigenvalue weighted by Crippen LogP contribution is -2.62. The van der Waals surface area contributed by atoms with Crippen molar-refractivity contribution in [2.24, 2.45) is 0 Å². The third kappa shape index (κ3) is 3.55. The molecule has 0 spiro atoms. The van der Waals surface area contributed by atoms with Gasteiger partial charge in [-0.3, -0.25) is 9.69 Å². The quantitative estimate of drug-likeness (QED) is 0.753. The number of hydrogen-bond donors (Lipinski definition) is 1. The van der Waals surface area contributed by atoms with Crippen LogP contribution in [0.15, 0.2) is 12.2 Å². The van der Waals surface area contributed by atoms with Crippen LogP contribution in [0.5, 0.6) is 0 Å². The van der Waals surface area contributed by atoms with Gasteiger partial charge in [0.05, 0.1) is 12.3 Å². The van der Waals surface area contributed by atoms with E-state index in [2.05, 4.69) is 10.2 Å². The van der Waals surface area contributed by atoms with Gasteiger partial charge in [-0.15, -0.1) is 0 Å². The predicted octanol–water partition coefficient (Wildman–Crippen LogP) is 0.431. The molecular formula is C14H25N3O2. The molecule has 2 heterocycles. The van der Waals surface area contributed by atoms with E-state index in [4.69, 9.17) is 4.74 Å². The number of ether oxygens (including phenoxy) is 1.